The molecule has 0 unspecified atom stereocenters. The molecule has 13 nitrogen and oxygen atoms in total. The smallest absolute Gasteiger partial charge is 0.418 e. The molecule has 25 heavy (non-hydrogen) atoms. The maximum Gasteiger partial charge on any atom is 0.418 e. The predicted octanol–water partition coefficient (Wildman–Crippen LogP) is -2.11. The highest BCUT2D eigenvalue weighted by molar-refractivity contribution is 7.80. The molecule has 2 aliphatic rings. The average Bonchev–Trinajstić information content (AvgIpc) is 2.81. The van der Waals surface area contributed by atoms with Crippen molar-refractivity contribution in [2.45, 2.75) is 18.5 Å². The van der Waals surface area contributed by atoms with Crippen molar-refractivity contribution in [3.8, 4) is 0 Å². The van der Waals surface area contributed by atoms with Crippen molar-refractivity contribution in [3.05, 3.63) is 0 Å². The number of rotatable bonds is 6. The van der Waals surface area contributed by atoms with Crippen LogP contribution in [0.25, 0.3) is 0 Å². The summed E-state index contributed by atoms with van der Waals surface area (Å²) in [6.07, 6.45) is -0.123. The van der Waals surface area contributed by atoms with Gasteiger partial charge in [-0.2, -0.15) is 13.5 Å². The normalized spacial score (nSPS) is 24.4. The summed E-state index contributed by atoms with van der Waals surface area (Å²) in [5.74, 6) is -1.22. The van der Waals surface area contributed by atoms with E-state index in [2.05, 4.69) is 19.5 Å². The highest BCUT2D eigenvalue weighted by atomic mass is 32.3. The first-order chi connectivity index (χ1) is 11.7. The van der Waals surface area contributed by atoms with Gasteiger partial charge in [-0.1, -0.05) is 5.16 Å². The van der Waals surface area contributed by atoms with Gasteiger partial charge in [0.1, 0.15) is 12.1 Å². The van der Waals surface area contributed by atoms with Crippen LogP contribution in [0.5, 0.6) is 0 Å². The van der Waals surface area contributed by atoms with Crippen molar-refractivity contribution < 1.29 is 41.2 Å². The van der Waals surface area contributed by atoms with Crippen LogP contribution < -0.4 is 5.32 Å². The molecule has 0 radical (unpaired) electrons. The topological polar surface area (TPSA) is 164 Å². The van der Waals surface area contributed by atoms with Crippen LogP contribution in [0.2, 0.25) is 0 Å². The second kappa shape index (κ2) is 7.20. The third-order valence-corrected chi connectivity index (χ3v) is 3.90. The zero-order valence-corrected chi connectivity index (χ0v) is 14.1. The summed E-state index contributed by atoms with van der Waals surface area (Å²) >= 11 is 0. The van der Waals surface area contributed by atoms with Crippen molar-refractivity contribution in [2.24, 2.45) is 5.16 Å². The molecule has 140 valence electrons. The standard InChI is InChI=1S/C11H16N4O9S/c1-12-9(16)5-23-13-6-3-7(10(17)22-2)14-4-8(6)15(11(14)18)24-25(19,20)21/h7-8H,3-5H2,1-2H3,(H,12,16)(H,19,20,21)/t7-,8-/m0/s1. The lowest BCUT2D eigenvalue weighted by Crippen LogP contribution is -2.49. The van der Waals surface area contributed by atoms with Crippen molar-refractivity contribution in [3.63, 3.8) is 0 Å². The molecule has 0 aliphatic carbocycles. The van der Waals surface area contributed by atoms with Gasteiger partial charge < -0.3 is 19.8 Å². The molecule has 3 amide bonds. The molecular formula is C11H16N4O9S. The lowest BCUT2D eigenvalue weighted by atomic mass is 9.99. The fourth-order valence-electron chi connectivity index (χ4n) is 2.42. The Hall–Kier alpha value is -2.45. The number of likely N-dealkylation sites (N-methyl/N-ethyl adjacent to an activating group) is 1. The highest BCUT2D eigenvalue weighted by Gasteiger charge is 2.53. The summed E-state index contributed by atoms with van der Waals surface area (Å²) in [6, 6.07) is -3.07. The summed E-state index contributed by atoms with van der Waals surface area (Å²) in [6.45, 7) is -0.567. The Kier molecular flexibility index (Phi) is 5.44. The lowest BCUT2D eigenvalue weighted by molar-refractivity contribution is -0.145. The summed E-state index contributed by atoms with van der Waals surface area (Å²) in [4.78, 5) is 41.1. The van der Waals surface area contributed by atoms with Crippen LogP contribution >= 0.6 is 0 Å². The van der Waals surface area contributed by atoms with Gasteiger partial charge in [0.2, 0.25) is 0 Å². The van der Waals surface area contributed by atoms with E-state index >= 15 is 0 Å². The van der Waals surface area contributed by atoms with E-state index in [0.29, 0.717) is 5.06 Å². The van der Waals surface area contributed by atoms with Gasteiger partial charge in [-0.25, -0.2) is 9.59 Å². The van der Waals surface area contributed by atoms with Gasteiger partial charge in [-0.15, -0.1) is 4.28 Å². The van der Waals surface area contributed by atoms with Crippen LogP contribution in [0, 0.1) is 0 Å². The monoisotopic (exact) mass is 380 g/mol. The number of oxime groups is 1. The van der Waals surface area contributed by atoms with Gasteiger partial charge >= 0.3 is 22.4 Å². The number of hydroxylamine groups is 2. The number of hydrogen-bond acceptors (Lipinski definition) is 9. The molecule has 0 spiro atoms. The van der Waals surface area contributed by atoms with Gasteiger partial charge in [0.25, 0.3) is 5.91 Å². The van der Waals surface area contributed by atoms with Gasteiger partial charge in [0, 0.05) is 13.5 Å². The minimum Gasteiger partial charge on any atom is -0.467 e. The van der Waals surface area contributed by atoms with Gasteiger partial charge in [0.15, 0.2) is 6.61 Å². The van der Waals surface area contributed by atoms with E-state index in [9.17, 15) is 22.8 Å². The number of piperidine rings is 1. The average molecular weight is 380 g/mol. The number of nitrogens with zero attached hydrogens (tertiary/aromatic N) is 3. The molecule has 2 atom stereocenters. The third-order valence-electron chi connectivity index (χ3n) is 3.55. The van der Waals surface area contributed by atoms with Crippen LogP contribution in [-0.4, -0.2) is 85.9 Å². The molecule has 2 fully saturated rings. The fourth-order valence-corrected chi connectivity index (χ4v) is 2.79. The quantitative estimate of drug-likeness (QED) is 0.298. The maximum absolute atomic E-state index is 12.3. The molecule has 2 saturated heterocycles. The van der Waals surface area contributed by atoms with Crippen LogP contribution in [0.15, 0.2) is 5.16 Å². The first-order valence-corrected chi connectivity index (χ1v) is 8.28. The van der Waals surface area contributed by atoms with Crippen LogP contribution in [-0.2, 0) is 33.8 Å². The van der Waals surface area contributed by atoms with E-state index in [4.69, 9.17) is 9.39 Å². The van der Waals surface area contributed by atoms with Crippen LogP contribution in [0.4, 0.5) is 4.79 Å². The van der Waals surface area contributed by atoms with Crippen molar-refractivity contribution in [1.82, 2.24) is 15.3 Å². The highest BCUT2D eigenvalue weighted by Crippen LogP contribution is 2.30. The van der Waals surface area contributed by atoms with Gasteiger partial charge in [-0.3, -0.25) is 9.35 Å². The lowest BCUT2D eigenvalue weighted by Gasteiger charge is -2.28. The zero-order valence-electron chi connectivity index (χ0n) is 13.2. The number of amides is 3. The molecule has 2 rings (SSSR count). The Labute approximate surface area is 142 Å². The molecular weight excluding hydrogens is 364 g/mol. The van der Waals surface area contributed by atoms with E-state index < -0.39 is 47.0 Å². The number of ether oxygens (including phenoxy) is 1. The molecule has 0 aromatic heterocycles. The van der Waals surface area contributed by atoms with Crippen molar-refractivity contribution >= 4 is 34.0 Å². The molecule has 0 aromatic carbocycles. The van der Waals surface area contributed by atoms with Gasteiger partial charge in [-0.05, 0) is 0 Å². The summed E-state index contributed by atoms with van der Waals surface area (Å²) < 4.78 is 39.6. The number of urea groups is 1. The van der Waals surface area contributed by atoms with Crippen LogP contribution in [0.3, 0.4) is 0 Å². The summed E-state index contributed by atoms with van der Waals surface area (Å²) in [5.41, 5.74) is 0.0741. The Bertz CT molecular complexity index is 706. The SMILES string of the molecule is CNC(=O)CON=C1C[C@@H](C(=O)OC)N2C[C@@H]1N(OS(=O)(=O)O)C2=O. The van der Waals surface area contributed by atoms with Crippen molar-refractivity contribution in [1.29, 1.82) is 0 Å². The second-order valence-electron chi connectivity index (χ2n) is 5.05. The molecule has 14 heteroatoms. The fraction of sp³-hybridized carbons (Fsp3) is 0.636. The first-order valence-electron chi connectivity index (χ1n) is 6.92. The molecule has 2 N–H and O–H groups in total. The summed E-state index contributed by atoms with van der Waals surface area (Å²) in [7, 11) is -2.47. The number of nitrogens with one attached hydrogen (secondary N) is 1. The number of fused-ring (bicyclic) bond motifs is 2. The van der Waals surface area contributed by atoms with Crippen molar-refractivity contribution in [2.75, 3.05) is 27.3 Å². The first kappa shape index (κ1) is 18.9. The molecule has 2 heterocycles. The third kappa shape index (κ3) is 4.15. The minimum absolute atomic E-state index is 0.0741. The maximum atomic E-state index is 12.3. The van der Waals surface area contributed by atoms with Gasteiger partial charge in [0.05, 0.1) is 19.4 Å². The van der Waals surface area contributed by atoms with E-state index in [-0.39, 0.29) is 18.7 Å². The van der Waals surface area contributed by atoms with Crippen LogP contribution in [0.1, 0.15) is 6.42 Å². The predicted molar refractivity (Wildman–Crippen MR) is 78.2 cm³/mol. The Morgan fingerprint density at radius 1 is 1.44 bits per heavy atom. The summed E-state index contributed by atoms with van der Waals surface area (Å²) in [5, 5.41) is 6.38. The number of carbonyl (C=O) groups is 3. The number of methoxy groups -OCH3 is 1. The number of hydrogen-bond donors (Lipinski definition) is 2. The molecule has 0 saturated carbocycles. The Balaban J connectivity index is 2.28. The van der Waals surface area contributed by atoms with E-state index in [1.54, 1.807) is 0 Å². The largest absolute Gasteiger partial charge is 0.467 e. The zero-order chi connectivity index (χ0) is 18.8. The Morgan fingerprint density at radius 3 is 2.68 bits per heavy atom. The molecule has 2 bridgehead atoms. The molecule has 0 aromatic rings. The van der Waals surface area contributed by atoms with E-state index in [1.165, 1.54) is 7.05 Å². The number of carbonyl (C=O) groups excluding carboxylic acids is 3. The minimum atomic E-state index is -4.98. The Morgan fingerprint density at radius 2 is 2.12 bits per heavy atom. The molecule has 2 aliphatic heterocycles. The van der Waals surface area contributed by atoms with E-state index in [1.807, 2.05) is 0 Å². The van der Waals surface area contributed by atoms with E-state index in [0.717, 1.165) is 12.0 Å². The second-order valence-corrected chi connectivity index (χ2v) is 6.06. The number of esters is 1.